The Morgan fingerprint density at radius 2 is 1.37 bits per heavy atom. The normalized spacial score (nSPS) is 19.6. The van der Waals surface area contributed by atoms with Crippen LogP contribution in [0.3, 0.4) is 0 Å². The average molecular weight is 577 g/mol. The molecule has 1 aliphatic rings. The zero-order chi connectivity index (χ0) is 29.3. The van der Waals surface area contributed by atoms with Gasteiger partial charge in [0, 0.05) is 39.3 Å². The van der Waals surface area contributed by atoms with E-state index in [2.05, 4.69) is 19.8 Å². The van der Waals surface area contributed by atoms with Gasteiger partial charge in [-0.1, -0.05) is 12.1 Å². The van der Waals surface area contributed by atoms with Crippen molar-refractivity contribution in [3.8, 4) is 0 Å². The van der Waals surface area contributed by atoms with Gasteiger partial charge in [0.2, 0.25) is 0 Å². The van der Waals surface area contributed by atoms with Gasteiger partial charge in [0.05, 0.1) is 71.4 Å². The van der Waals surface area contributed by atoms with Crippen molar-refractivity contribution >= 4 is 11.9 Å². The molecule has 1 aliphatic heterocycles. The molecule has 0 aromatic carbocycles. The molecule has 0 bridgehead atoms. The summed E-state index contributed by atoms with van der Waals surface area (Å²) in [7, 11) is 1.32. The predicted molar refractivity (Wildman–Crippen MR) is 147 cm³/mol. The average Bonchev–Trinajstić information content (AvgIpc) is 2.98. The van der Waals surface area contributed by atoms with Crippen LogP contribution in [0.4, 0.5) is 0 Å². The highest BCUT2D eigenvalue weighted by Gasteiger charge is 2.15. The van der Waals surface area contributed by atoms with Gasteiger partial charge in [0.15, 0.2) is 0 Å². The van der Waals surface area contributed by atoms with E-state index in [0.29, 0.717) is 84.6 Å². The minimum atomic E-state index is -1.07. The highest BCUT2D eigenvalue weighted by molar-refractivity contribution is 5.87. The third-order valence-corrected chi connectivity index (χ3v) is 6.29. The fourth-order valence-electron chi connectivity index (χ4n) is 4.09. The van der Waals surface area contributed by atoms with Crippen molar-refractivity contribution in [3.05, 3.63) is 59.2 Å². The maximum atomic E-state index is 11.9. The number of carbonyl (C=O) groups is 2. The number of esters is 1. The van der Waals surface area contributed by atoms with E-state index in [9.17, 15) is 19.8 Å². The third kappa shape index (κ3) is 12.2. The second-order valence-corrected chi connectivity index (χ2v) is 9.35. The lowest BCUT2D eigenvalue weighted by molar-refractivity contribution is -0.0535. The number of nitrogens with zero attached hydrogens (tertiary/aromatic N) is 4. The molecule has 2 aromatic heterocycles. The molecule has 1 fully saturated rings. The Kier molecular flexibility index (Phi) is 14.6. The summed E-state index contributed by atoms with van der Waals surface area (Å²) >= 11 is 0. The van der Waals surface area contributed by atoms with E-state index >= 15 is 0 Å². The highest BCUT2D eigenvalue weighted by atomic mass is 16.5. The summed E-state index contributed by atoms with van der Waals surface area (Å²) in [5, 5.41) is 19.0. The van der Waals surface area contributed by atoms with Crippen molar-refractivity contribution in [1.29, 1.82) is 0 Å². The van der Waals surface area contributed by atoms with E-state index in [4.69, 9.17) is 23.7 Å². The number of hydrogen-bond donors (Lipinski definition) is 2. The van der Waals surface area contributed by atoms with Gasteiger partial charge in [-0.3, -0.25) is 9.80 Å². The summed E-state index contributed by atoms with van der Waals surface area (Å²) in [4.78, 5) is 35.9. The van der Waals surface area contributed by atoms with Gasteiger partial charge in [-0.25, -0.2) is 19.6 Å². The first-order valence-corrected chi connectivity index (χ1v) is 13.6. The van der Waals surface area contributed by atoms with Crippen LogP contribution in [0.2, 0.25) is 0 Å². The summed E-state index contributed by atoms with van der Waals surface area (Å²) in [5.74, 6) is -1.56. The van der Waals surface area contributed by atoms with Gasteiger partial charge in [-0.05, 0) is 24.3 Å². The third-order valence-electron chi connectivity index (χ3n) is 6.29. The maximum absolute atomic E-state index is 11.9. The number of ether oxygens (including phenoxy) is 5. The number of aliphatic hydroxyl groups is 1. The van der Waals surface area contributed by atoms with Crippen molar-refractivity contribution in [1.82, 2.24) is 19.8 Å². The highest BCUT2D eigenvalue weighted by Crippen LogP contribution is 2.07. The van der Waals surface area contributed by atoms with Gasteiger partial charge in [-0.2, -0.15) is 0 Å². The van der Waals surface area contributed by atoms with Crippen molar-refractivity contribution in [3.63, 3.8) is 0 Å². The first kappa shape index (κ1) is 32.5. The fourth-order valence-corrected chi connectivity index (χ4v) is 4.09. The van der Waals surface area contributed by atoms with Crippen LogP contribution in [0.15, 0.2) is 36.4 Å². The van der Waals surface area contributed by atoms with E-state index in [1.165, 1.54) is 13.2 Å². The van der Waals surface area contributed by atoms with Gasteiger partial charge < -0.3 is 33.9 Å². The summed E-state index contributed by atoms with van der Waals surface area (Å²) in [5.41, 5.74) is 1.61. The summed E-state index contributed by atoms with van der Waals surface area (Å²) in [6.07, 6.45) is -0.490. The van der Waals surface area contributed by atoms with Crippen LogP contribution < -0.4 is 0 Å². The van der Waals surface area contributed by atoms with Crippen LogP contribution in [-0.2, 0) is 36.8 Å². The first-order valence-electron chi connectivity index (χ1n) is 13.6. The molecule has 2 aromatic rings. The predicted octanol–water partition coefficient (Wildman–Crippen LogP) is 0.707. The Bertz CT molecular complexity index is 1070. The molecule has 0 aliphatic carbocycles. The molecule has 13 nitrogen and oxygen atoms in total. The lowest BCUT2D eigenvalue weighted by Gasteiger charge is -2.25. The maximum Gasteiger partial charge on any atom is 0.356 e. The van der Waals surface area contributed by atoms with Crippen molar-refractivity contribution in [2.24, 2.45) is 0 Å². The molecule has 0 saturated carbocycles. The molecule has 0 amide bonds. The first-order chi connectivity index (χ1) is 20.0. The van der Waals surface area contributed by atoms with Gasteiger partial charge >= 0.3 is 11.9 Å². The molecular weight excluding hydrogens is 536 g/mol. The molecule has 1 saturated heterocycles. The summed E-state index contributed by atoms with van der Waals surface area (Å²) in [6.45, 7) is 5.78. The Morgan fingerprint density at radius 3 is 1.93 bits per heavy atom. The topological polar surface area (TPSA) is 153 Å². The van der Waals surface area contributed by atoms with E-state index in [-0.39, 0.29) is 24.6 Å². The number of carboxylic acids is 1. The molecular formula is C28H40N4O9. The fraction of sp³-hybridized carbons (Fsp3) is 0.571. The zero-order valence-electron chi connectivity index (χ0n) is 23.5. The summed E-state index contributed by atoms with van der Waals surface area (Å²) in [6, 6.07) is 10.2. The number of carbonyl (C=O) groups excluding carboxylic acids is 1. The smallest absolute Gasteiger partial charge is 0.356 e. The Balaban J connectivity index is 1.56. The van der Waals surface area contributed by atoms with Crippen LogP contribution >= 0.6 is 0 Å². The minimum Gasteiger partial charge on any atom is -0.477 e. The number of hydrogen-bond acceptors (Lipinski definition) is 12. The number of aromatic nitrogens is 2. The Morgan fingerprint density at radius 1 is 0.829 bits per heavy atom. The molecule has 2 N–H and O–H groups in total. The van der Waals surface area contributed by atoms with E-state index in [1.54, 1.807) is 24.3 Å². The minimum absolute atomic E-state index is 0.00410. The molecule has 0 spiro atoms. The van der Waals surface area contributed by atoms with E-state index in [0.717, 1.165) is 5.69 Å². The molecule has 0 unspecified atom stereocenters. The van der Waals surface area contributed by atoms with Crippen LogP contribution in [-0.4, -0.2) is 134 Å². The zero-order valence-corrected chi connectivity index (χ0v) is 23.5. The van der Waals surface area contributed by atoms with Gasteiger partial charge in [-0.15, -0.1) is 0 Å². The van der Waals surface area contributed by atoms with E-state index < -0.39 is 18.0 Å². The Hall–Kier alpha value is -3.04. The van der Waals surface area contributed by atoms with Crippen LogP contribution in [0.25, 0.3) is 0 Å². The molecule has 13 heteroatoms. The van der Waals surface area contributed by atoms with Gasteiger partial charge in [0.25, 0.3) is 0 Å². The molecule has 3 heterocycles. The standard InChI is InChI=1S/C28H40N4O9/c1-37-28(36)26-7-3-5-23(30-26)19-31-8-12-38-16-17-39-13-9-32(11-15-41-24(20-33)21-40-14-10-31)18-22-4-2-6-25(29-22)27(34)35/h2-7,24,33H,8-21H2,1H3,(H,34,35)/t24-/m1/s1. The lowest BCUT2D eigenvalue weighted by Crippen LogP contribution is -2.35. The monoisotopic (exact) mass is 576 g/mol. The quantitative estimate of drug-likeness (QED) is 0.445. The van der Waals surface area contributed by atoms with Crippen LogP contribution in [0.5, 0.6) is 0 Å². The summed E-state index contributed by atoms with van der Waals surface area (Å²) < 4.78 is 28.0. The molecule has 3 rings (SSSR count). The van der Waals surface area contributed by atoms with E-state index in [1.807, 2.05) is 6.07 Å². The van der Waals surface area contributed by atoms with Crippen molar-refractivity contribution in [2.45, 2.75) is 19.2 Å². The largest absolute Gasteiger partial charge is 0.477 e. The molecule has 0 radical (unpaired) electrons. The number of methoxy groups -OCH3 is 1. The second kappa shape index (κ2) is 18.4. The van der Waals surface area contributed by atoms with Crippen LogP contribution in [0.1, 0.15) is 32.4 Å². The van der Waals surface area contributed by atoms with Crippen molar-refractivity contribution < 1.29 is 43.5 Å². The number of aromatic carboxylic acids is 1. The molecule has 41 heavy (non-hydrogen) atoms. The van der Waals surface area contributed by atoms with Crippen molar-refractivity contribution in [2.75, 3.05) is 86.1 Å². The molecule has 1 atom stereocenters. The second-order valence-electron chi connectivity index (χ2n) is 9.35. The SMILES string of the molecule is COC(=O)c1cccc(CN2CCOCCOCCN(Cc3cccc(C(=O)O)n3)CCO[C@H](CO)COCC2)n1. The molecule has 226 valence electrons. The number of carboxylic acid groups (broad SMARTS) is 1. The number of aliphatic hydroxyl groups excluding tert-OH is 1. The lowest BCUT2D eigenvalue weighted by atomic mass is 10.2. The van der Waals surface area contributed by atoms with Crippen LogP contribution in [0, 0.1) is 0 Å². The number of pyridine rings is 2. The number of rotatable bonds is 7. The van der Waals surface area contributed by atoms with Gasteiger partial charge in [0.1, 0.15) is 17.5 Å². The Labute approximate surface area is 239 Å².